The lowest BCUT2D eigenvalue weighted by atomic mass is 10.0. The molecule has 36 heavy (non-hydrogen) atoms. The highest BCUT2D eigenvalue weighted by Crippen LogP contribution is 2.19. The van der Waals surface area contributed by atoms with Crippen molar-refractivity contribution < 1.29 is 19.1 Å². The van der Waals surface area contributed by atoms with Gasteiger partial charge < -0.3 is 19.7 Å². The van der Waals surface area contributed by atoms with Gasteiger partial charge in [-0.1, -0.05) is 74.0 Å². The van der Waals surface area contributed by atoms with Crippen LogP contribution in [0.25, 0.3) is 0 Å². The van der Waals surface area contributed by atoms with E-state index < -0.39 is 6.04 Å². The Morgan fingerprint density at radius 3 is 2.19 bits per heavy atom. The third-order valence-electron chi connectivity index (χ3n) is 5.81. The number of carbonyl (C=O) groups excluding carboxylic acids is 2. The van der Waals surface area contributed by atoms with Crippen molar-refractivity contribution in [1.82, 2.24) is 10.2 Å². The maximum absolute atomic E-state index is 13.6. The van der Waals surface area contributed by atoms with Crippen LogP contribution in [0.15, 0.2) is 78.9 Å². The van der Waals surface area contributed by atoms with Crippen molar-refractivity contribution in [2.75, 3.05) is 20.3 Å². The molecular formula is C30H36N2O4. The van der Waals surface area contributed by atoms with Crippen LogP contribution in [-0.4, -0.2) is 43.0 Å². The van der Waals surface area contributed by atoms with Crippen LogP contribution in [0.1, 0.15) is 30.5 Å². The summed E-state index contributed by atoms with van der Waals surface area (Å²) in [5, 5.41) is 3.03. The Hall–Kier alpha value is -3.80. The molecule has 3 rings (SSSR count). The largest absolute Gasteiger partial charge is 0.497 e. The maximum atomic E-state index is 13.6. The minimum atomic E-state index is -0.682. The van der Waals surface area contributed by atoms with Crippen LogP contribution >= 0.6 is 0 Å². The number of benzene rings is 3. The lowest BCUT2D eigenvalue weighted by Gasteiger charge is -2.31. The number of carbonyl (C=O) groups is 2. The van der Waals surface area contributed by atoms with Crippen molar-refractivity contribution in [2.24, 2.45) is 5.92 Å². The van der Waals surface area contributed by atoms with Crippen molar-refractivity contribution in [3.05, 3.63) is 95.6 Å². The lowest BCUT2D eigenvalue weighted by Crippen LogP contribution is -2.52. The number of nitrogens with one attached hydrogen (secondary N) is 1. The van der Waals surface area contributed by atoms with Gasteiger partial charge in [0, 0.05) is 19.5 Å². The zero-order chi connectivity index (χ0) is 25.9. The SMILES string of the molecule is COc1ccc(OCC(=O)N(Cc2cccc(C)c2)C(Cc2ccccc2)C(=O)NCC(C)C)cc1. The van der Waals surface area contributed by atoms with E-state index >= 15 is 0 Å². The molecule has 0 radical (unpaired) electrons. The highest BCUT2D eigenvalue weighted by atomic mass is 16.5. The average Bonchev–Trinajstić information content (AvgIpc) is 2.88. The molecule has 1 unspecified atom stereocenters. The number of rotatable bonds is 12. The molecule has 0 aliphatic rings. The second-order valence-electron chi connectivity index (χ2n) is 9.32. The first kappa shape index (κ1) is 26.8. The summed E-state index contributed by atoms with van der Waals surface area (Å²) in [6.07, 6.45) is 0.408. The third kappa shape index (κ3) is 8.15. The fourth-order valence-electron chi connectivity index (χ4n) is 3.88. The van der Waals surface area contributed by atoms with E-state index in [1.54, 1.807) is 36.3 Å². The van der Waals surface area contributed by atoms with Crippen molar-refractivity contribution >= 4 is 11.8 Å². The van der Waals surface area contributed by atoms with Gasteiger partial charge in [0.1, 0.15) is 17.5 Å². The fraction of sp³-hybridized carbons (Fsp3) is 0.333. The lowest BCUT2D eigenvalue weighted by molar-refractivity contribution is -0.142. The molecule has 6 heteroatoms. The number of nitrogens with zero attached hydrogens (tertiary/aromatic N) is 1. The van der Waals surface area contributed by atoms with Gasteiger partial charge in [0.2, 0.25) is 5.91 Å². The zero-order valence-corrected chi connectivity index (χ0v) is 21.6. The molecule has 0 aromatic heterocycles. The predicted molar refractivity (Wildman–Crippen MR) is 142 cm³/mol. The standard InChI is InChI=1S/C30H36N2O4/c1-22(2)19-31-30(34)28(18-24-10-6-5-7-11-24)32(20-25-12-8-9-23(3)17-25)29(33)21-36-27-15-13-26(35-4)14-16-27/h5-17,22,28H,18-21H2,1-4H3,(H,31,34). The van der Waals surface area contributed by atoms with Crippen LogP contribution in [0.5, 0.6) is 11.5 Å². The number of methoxy groups -OCH3 is 1. The second-order valence-corrected chi connectivity index (χ2v) is 9.32. The molecule has 3 aromatic rings. The van der Waals surface area contributed by atoms with E-state index in [4.69, 9.17) is 9.47 Å². The van der Waals surface area contributed by atoms with Gasteiger partial charge in [-0.3, -0.25) is 9.59 Å². The minimum Gasteiger partial charge on any atom is -0.497 e. The Morgan fingerprint density at radius 2 is 1.56 bits per heavy atom. The van der Waals surface area contributed by atoms with Crippen LogP contribution in [0.4, 0.5) is 0 Å². The number of hydrogen-bond acceptors (Lipinski definition) is 4. The molecule has 1 atom stereocenters. The fourth-order valence-corrected chi connectivity index (χ4v) is 3.88. The van der Waals surface area contributed by atoms with E-state index in [0.717, 1.165) is 16.7 Å². The topological polar surface area (TPSA) is 67.9 Å². The van der Waals surface area contributed by atoms with E-state index in [-0.39, 0.29) is 18.4 Å². The first-order valence-corrected chi connectivity index (χ1v) is 12.3. The maximum Gasteiger partial charge on any atom is 0.261 e. The van der Waals surface area contributed by atoms with Crippen molar-refractivity contribution in [3.8, 4) is 11.5 Å². The number of amides is 2. The molecule has 0 saturated carbocycles. The van der Waals surface area contributed by atoms with Gasteiger partial charge in [0.25, 0.3) is 5.91 Å². The number of hydrogen-bond donors (Lipinski definition) is 1. The van der Waals surface area contributed by atoms with Gasteiger partial charge in [0.05, 0.1) is 7.11 Å². The number of ether oxygens (including phenoxy) is 2. The summed E-state index contributed by atoms with van der Waals surface area (Å²) in [6, 6.07) is 24.2. The van der Waals surface area contributed by atoms with Crippen molar-refractivity contribution in [3.63, 3.8) is 0 Å². The Kier molecular flexibility index (Phi) is 9.92. The second kappa shape index (κ2) is 13.3. The average molecular weight is 489 g/mol. The Bertz CT molecular complexity index is 1110. The van der Waals surface area contributed by atoms with Crippen LogP contribution in [0.3, 0.4) is 0 Å². The van der Waals surface area contributed by atoms with Gasteiger partial charge >= 0.3 is 0 Å². The molecule has 0 bridgehead atoms. The summed E-state index contributed by atoms with van der Waals surface area (Å²) in [5.41, 5.74) is 3.04. The minimum absolute atomic E-state index is 0.169. The van der Waals surface area contributed by atoms with Gasteiger partial charge in [-0.25, -0.2) is 0 Å². The summed E-state index contributed by atoms with van der Waals surface area (Å²) < 4.78 is 11.0. The van der Waals surface area contributed by atoms with Crippen LogP contribution < -0.4 is 14.8 Å². The summed E-state index contributed by atoms with van der Waals surface area (Å²) >= 11 is 0. The molecule has 0 fully saturated rings. The highest BCUT2D eigenvalue weighted by molar-refractivity contribution is 5.88. The Labute approximate surface area is 214 Å². The molecule has 0 aliphatic heterocycles. The Balaban J connectivity index is 1.88. The van der Waals surface area contributed by atoms with Crippen LogP contribution in [-0.2, 0) is 22.6 Å². The highest BCUT2D eigenvalue weighted by Gasteiger charge is 2.30. The number of aryl methyl sites for hydroxylation is 1. The predicted octanol–water partition coefficient (Wildman–Crippen LogP) is 4.79. The summed E-state index contributed by atoms with van der Waals surface area (Å²) in [7, 11) is 1.60. The molecule has 0 aliphatic carbocycles. The van der Waals surface area contributed by atoms with E-state index in [1.165, 1.54) is 0 Å². The van der Waals surface area contributed by atoms with E-state index in [9.17, 15) is 9.59 Å². The summed E-state index contributed by atoms with van der Waals surface area (Å²) in [6.45, 7) is 6.77. The molecule has 0 saturated heterocycles. The molecule has 6 nitrogen and oxygen atoms in total. The molecule has 2 amide bonds. The normalized spacial score (nSPS) is 11.6. The summed E-state index contributed by atoms with van der Waals surface area (Å²) in [4.78, 5) is 28.7. The van der Waals surface area contributed by atoms with Gasteiger partial charge in [0.15, 0.2) is 6.61 Å². The smallest absolute Gasteiger partial charge is 0.261 e. The van der Waals surface area contributed by atoms with Crippen molar-refractivity contribution in [2.45, 2.75) is 39.8 Å². The molecule has 190 valence electrons. The summed E-state index contributed by atoms with van der Waals surface area (Å²) in [5.74, 6) is 1.14. The first-order valence-electron chi connectivity index (χ1n) is 12.3. The van der Waals surface area contributed by atoms with Gasteiger partial charge in [-0.15, -0.1) is 0 Å². The third-order valence-corrected chi connectivity index (χ3v) is 5.81. The van der Waals surface area contributed by atoms with E-state index in [0.29, 0.717) is 36.9 Å². The zero-order valence-electron chi connectivity index (χ0n) is 21.6. The van der Waals surface area contributed by atoms with Crippen molar-refractivity contribution in [1.29, 1.82) is 0 Å². The van der Waals surface area contributed by atoms with E-state index in [2.05, 4.69) is 5.32 Å². The Morgan fingerprint density at radius 1 is 0.889 bits per heavy atom. The monoisotopic (exact) mass is 488 g/mol. The first-order chi connectivity index (χ1) is 17.4. The van der Waals surface area contributed by atoms with Crippen LogP contribution in [0.2, 0.25) is 0 Å². The molecule has 0 heterocycles. The van der Waals surface area contributed by atoms with Gasteiger partial charge in [-0.05, 0) is 48.2 Å². The van der Waals surface area contributed by atoms with Crippen LogP contribution in [0, 0.1) is 12.8 Å². The molecular weight excluding hydrogens is 452 g/mol. The molecule has 1 N–H and O–H groups in total. The molecule has 3 aromatic carbocycles. The van der Waals surface area contributed by atoms with Gasteiger partial charge in [-0.2, -0.15) is 0 Å². The molecule has 0 spiro atoms. The quantitative estimate of drug-likeness (QED) is 0.398. The van der Waals surface area contributed by atoms with E-state index in [1.807, 2.05) is 75.4 Å².